The molecule has 0 radical (unpaired) electrons. The molecule has 0 aliphatic rings. The van der Waals surface area contributed by atoms with Crippen molar-refractivity contribution in [2.45, 2.75) is 6.54 Å². The first-order valence-corrected chi connectivity index (χ1v) is 5.47. The summed E-state index contributed by atoms with van der Waals surface area (Å²) in [5, 5.41) is 21.6. The lowest BCUT2D eigenvalue weighted by molar-refractivity contribution is 0.0697. The van der Waals surface area contributed by atoms with Crippen molar-refractivity contribution in [2.24, 2.45) is 0 Å². The number of carbonyl (C=O) groups is 1. The summed E-state index contributed by atoms with van der Waals surface area (Å²) in [6, 6.07) is 7.21. The lowest BCUT2D eigenvalue weighted by Crippen LogP contribution is -2.01. The molecule has 96 valence electrons. The van der Waals surface area contributed by atoms with E-state index in [0.717, 1.165) is 5.56 Å². The molecule has 2 aromatic rings. The Morgan fingerprint density at radius 3 is 2.95 bits per heavy atom. The molecule has 6 nitrogen and oxygen atoms in total. The summed E-state index contributed by atoms with van der Waals surface area (Å²) in [7, 11) is 1.50. The fraction of sp³-hybridized carbons (Fsp3) is 0.154. The maximum absolute atomic E-state index is 10.7. The van der Waals surface area contributed by atoms with Crippen LogP contribution in [0.4, 0.5) is 0 Å². The van der Waals surface area contributed by atoms with E-state index in [-0.39, 0.29) is 5.56 Å². The van der Waals surface area contributed by atoms with E-state index >= 15 is 0 Å². The van der Waals surface area contributed by atoms with E-state index < -0.39 is 5.97 Å². The number of hydrogen-bond donors (Lipinski definition) is 1. The van der Waals surface area contributed by atoms with Crippen LogP contribution >= 0.6 is 0 Å². The minimum atomic E-state index is -1.01. The smallest absolute Gasteiger partial charge is 0.338 e. The van der Waals surface area contributed by atoms with Crippen LogP contribution in [-0.4, -0.2) is 28.0 Å². The highest BCUT2D eigenvalue weighted by molar-refractivity contribution is 5.86. The van der Waals surface area contributed by atoms with Crippen LogP contribution in [0.1, 0.15) is 21.5 Å². The average molecular weight is 257 g/mol. The summed E-state index contributed by atoms with van der Waals surface area (Å²) in [5.41, 5.74) is 1.47. The topological polar surface area (TPSA) is 88.1 Å². The first kappa shape index (κ1) is 12.6. The van der Waals surface area contributed by atoms with E-state index in [1.165, 1.54) is 24.2 Å². The molecule has 19 heavy (non-hydrogen) atoms. The third-order valence-electron chi connectivity index (χ3n) is 2.61. The van der Waals surface area contributed by atoms with E-state index in [1.807, 2.05) is 6.07 Å². The van der Waals surface area contributed by atoms with Gasteiger partial charge in [-0.1, -0.05) is 6.07 Å². The third-order valence-corrected chi connectivity index (χ3v) is 2.61. The van der Waals surface area contributed by atoms with Crippen LogP contribution < -0.4 is 4.74 Å². The number of carboxylic acids is 1. The maximum atomic E-state index is 10.7. The van der Waals surface area contributed by atoms with Crippen LogP contribution in [0.15, 0.2) is 30.6 Å². The number of benzene rings is 1. The monoisotopic (exact) mass is 257 g/mol. The molecule has 0 aliphatic heterocycles. The molecule has 0 bridgehead atoms. The van der Waals surface area contributed by atoms with Crippen molar-refractivity contribution < 1.29 is 14.6 Å². The Bertz CT molecular complexity index is 655. The van der Waals surface area contributed by atoms with Crippen LogP contribution in [0.5, 0.6) is 5.75 Å². The van der Waals surface area contributed by atoms with Crippen LogP contribution in [0.3, 0.4) is 0 Å². The van der Waals surface area contributed by atoms with Gasteiger partial charge < -0.3 is 9.84 Å². The molecule has 1 aromatic carbocycles. The lowest BCUT2D eigenvalue weighted by atomic mass is 10.1. The Labute approximate surface area is 109 Å². The number of methoxy groups -OCH3 is 1. The minimum absolute atomic E-state index is 0.139. The van der Waals surface area contributed by atoms with E-state index in [9.17, 15) is 4.79 Å². The molecule has 0 fully saturated rings. The molecule has 2 rings (SSSR count). The summed E-state index contributed by atoms with van der Waals surface area (Å²) in [6.07, 6.45) is 2.75. The second kappa shape index (κ2) is 5.23. The van der Waals surface area contributed by atoms with Crippen LogP contribution in [-0.2, 0) is 6.54 Å². The SMILES string of the molecule is COc1cc(Cn2cc(C(=O)O)cn2)ccc1C#N. The Balaban J connectivity index is 2.23. The van der Waals surface area contributed by atoms with Crippen LogP contribution in [0.2, 0.25) is 0 Å². The molecule has 0 amide bonds. The Hall–Kier alpha value is -2.81. The normalized spacial score (nSPS) is 9.89. The average Bonchev–Trinajstić information content (AvgIpc) is 2.87. The van der Waals surface area contributed by atoms with E-state index in [2.05, 4.69) is 5.10 Å². The Morgan fingerprint density at radius 2 is 2.37 bits per heavy atom. The van der Waals surface area contributed by atoms with Gasteiger partial charge in [0.15, 0.2) is 0 Å². The quantitative estimate of drug-likeness (QED) is 0.896. The summed E-state index contributed by atoms with van der Waals surface area (Å²) in [5.74, 6) is -0.519. The first-order chi connectivity index (χ1) is 9.13. The van der Waals surface area contributed by atoms with Crippen molar-refractivity contribution in [1.82, 2.24) is 9.78 Å². The van der Waals surface area contributed by atoms with Gasteiger partial charge in [-0.15, -0.1) is 0 Å². The summed E-state index contributed by atoms with van der Waals surface area (Å²) < 4.78 is 6.63. The number of rotatable bonds is 4. The van der Waals surface area contributed by atoms with Crippen molar-refractivity contribution in [3.05, 3.63) is 47.3 Å². The summed E-state index contributed by atoms with van der Waals surface area (Å²) in [6.45, 7) is 0.412. The Morgan fingerprint density at radius 1 is 1.58 bits per heavy atom. The molecular weight excluding hydrogens is 246 g/mol. The third kappa shape index (κ3) is 2.72. The van der Waals surface area contributed by atoms with Gasteiger partial charge in [0.25, 0.3) is 0 Å². The number of nitrogens with zero attached hydrogens (tertiary/aromatic N) is 3. The largest absolute Gasteiger partial charge is 0.495 e. The van der Waals surface area contributed by atoms with Crippen LogP contribution in [0.25, 0.3) is 0 Å². The van der Waals surface area contributed by atoms with Gasteiger partial charge >= 0.3 is 5.97 Å². The molecule has 6 heteroatoms. The van der Waals surface area contributed by atoms with Crippen molar-refractivity contribution in [2.75, 3.05) is 7.11 Å². The van der Waals surface area contributed by atoms with Gasteiger partial charge in [-0.2, -0.15) is 10.4 Å². The number of nitriles is 1. The van der Waals surface area contributed by atoms with Crippen LogP contribution in [0, 0.1) is 11.3 Å². The number of hydrogen-bond acceptors (Lipinski definition) is 4. The molecule has 0 saturated heterocycles. The number of aromatic nitrogens is 2. The minimum Gasteiger partial charge on any atom is -0.495 e. The molecule has 1 N–H and O–H groups in total. The molecule has 1 heterocycles. The molecule has 0 spiro atoms. The van der Waals surface area contributed by atoms with Gasteiger partial charge in [-0.05, 0) is 17.7 Å². The number of aromatic carboxylic acids is 1. The highest BCUT2D eigenvalue weighted by atomic mass is 16.5. The van der Waals surface area contributed by atoms with Gasteiger partial charge in [-0.3, -0.25) is 4.68 Å². The van der Waals surface area contributed by atoms with Gasteiger partial charge in [0.1, 0.15) is 11.8 Å². The second-order valence-electron chi connectivity index (χ2n) is 3.88. The second-order valence-corrected chi connectivity index (χ2v) is 3.88. The standard InChI is InChI=1S/C13H11N3O3/c1-19-12-4-9(2-3-10(12)5-14)7-16-8-11(6-15-16)13(17)18/h2-4,6,8H,7H2,1H3,(H,17,18). The number of carboxylic acid groups (broad SMARTS) is 1. The molecule has 1 aromatic heterocycles. The maximum Gasteiger partial charge on any atom is 0.338 e. The Kier molecular flexibility index (Phi) is 3.48. The van der Waals surface area contributed by atoms with Gasteiger partial charge in [0.2, 0.25) is 0 Å². The zero-order valence-electron chi connectivity index (χ0n) is 10.2. The van der Waals surface area contributed by atoms with Crippen molar-refractivity contribution in [1.29, 1.82) is 5.26 Å². The summed E-state index contributed by atoms with van der Waals surface area (Å²) in [4.78, 5) is 10.7. The van der Waals surface area contributed by atoms with Gasteiger partial charge in [-0.25, -0.2) is 4.79 Å². The van der Waals surface area contributed by atoms with Crippen molar-refractivity contribution in [3.63, 3.8) is 0 Å². The van der Waals surface area contributed by atoms with E-state index in [0.29, 0.717) is 17.9 Å². The predicted molar refractivity (Wildman–Crippen MR) is 66.0 cm³/mol. The van der Waals surface area contributed by atoms with E-state index in [1.54, 1.807) is 18.2 Å². The highest BCUT2D eigenvalue weighted by Crippen LogP contribution is 2.19. The lowest BCUT2D eigenvalue weighted by Gasteiger charge is -2.06. The molecule has 0 atom stereocenters. The molecule has 0 unspecified atom stereocenters. The summed E-state index contributed by atoms with van der Waals surface area (Å²) >= 11 is 0. The predicted octanol–water partition coefficient (Wildman–Crippen LogP) is 1.51. The van der Waals surface area contributed by atoms with Crippen molar-refractivity contribution in [3.8, 4) is 11.8 Å². The number of ether oxygens (including phenoxy) is 1. The van der Waals surface area contributed by atoms with Crippen molar-refractivity contribution >= 4 is 5.97 Å². The highest BCUT2D eigenvalue weighted by Gasteiger charge is 2.08. The van der Waals surface area contributed by atoms with Gasteiger partial charge in [0, 0.05) is 6.20 Å². The van der Waals surface area contributed by atoms with E-state index in [4.69, 9.17) is 15.1 Å². The molecule has 0 saturated carbocycles. The molecular formula is C13H11N3O3. The fourth-order valence-corrected chi connectivity index (χ4v) is 1.67. The molecule has 0 aliphatic carbocycles. The first-order valence-electron chi connectivity index (χ1n) is 5.47. The fourth-order valence-electron chi connectivity index (χ4n) is 1.67. The van der Waals surface area contributed by atoms with Gasteiger partial charge in [0.05, 0.1) is 31.0 Å². The zero-order chi connectivity index (χ0) is 13.8. The zero-order valence-corrected chi connectivity index (χ0v) is 10.2.